The lowest BCUT2D eigenvalue weighted by atomic mass is 10.0. The van der Waals surface area contributed by atoms with Crippen LogP contribution < -0.4 is 4.90 Å². The van der Waals surface area contributed by atoms with Crippen LogP contribution in [-0.2, 0) is 0 Å². The summed E-state index contributed by atoms with van der Waals surface area (Å²) in [5.74, 6) is 1.11. The van der Waals surface area contributed by atoms with Crippen LogP contribution in [0.15, 0.2) is 12.5 Å². The minimum absolute atomic E-state index is 0.636. The van der Waals surface area contributed by atoms with Gasteiger partial charge in [-0.15, -0.1) is 0 Å². The van der Waals surface area contributed by atoms with Crippen LogP contribution in [0.5, 0.6) is 0 Å². The van der Waals surface area contributed by atoms with Gasteiger partial charge in [0.15, 0.2) is 0 Å². The number of hydrogen-bond donors (Lipinski definition) is 0. The number of alkyl halides is 1. The molecule has 3 nitrogen and oxygen atoms in total. The van der Waals surface area contributed by atoms with Gasteiger partial charge in [-0.25, -0.2) is 9.97 Å². The van der Waals surface area contributed by atoms with E-state index >= 15 is 0 Å². The second-order valence-electron chi connectivity index (χ2n) is 4.01. The van der Waals surface area contributed by atoms with E-state index in [1.165, 1.54) is 25.7 Å². The molecule has 2 rings (SSSR count). The minimum Gasteiger partial charge on any atom is -0.353 e. The smallest absolute Gasteiger partial charge is 0.145 e. The van der Waals surface area contributed by atoms with E-state index < -0.39 is 0 Å². The lowest BCUT2D eigenvalue weighted by molar-refractivity contribution is 0.448. The number of hydrogen-bond acceptors (Lipinski definition) is 3. The molecule has 0 N–H and O–H groups in total. The van der Waals surface area contributed by atoms with Crippen molar-refractivity contribution in [2.45, 2.75) is 31.7 Å². The molecule has 1 aliphatic heterocycles. The van der Waals surface area contributed by atoms with Crippen LogP contribution in [-0.4, -0.2) is 27.9 Å². The predicted molar refractivity (Wildman–Crippen MR) is 78.1 cm³/mol. The SMILES string of the molecule is BrCCC1CCCCN1c1ncncc1I. The molecule has 1 aliphatic rings. The van der Waals surface area contributed by atoms with E-state index in [9.17, 15) is 0 Å². The fourth-order valence-corrected chi connectivity index (χ4v) is 3.36. The third-order valence-corrected chi connectivity index (χ3v) is 4.21. The van der Waals surface area contributed by atoms with Crippen LogP contribution in [0, 0.1) is 3.57 Å². The normalized spacial score (nSPS) is 21.1. The van der Waals surface area contributed by atoms with Crippen LogP contribution in [0.3, 0.4) is 0 Å². The first-order valence-electron chi connectivity index (χ1n) is 5.61. The largest absolute Gasteiger partial charge is 0.353 e. The Bertz CT molecular complexity index is 346. The first kappa shape index (κ1) is 12.5. The molecule has 0 spiro atoms. The standard InChI is InChI=1S/C11H15BrIN3/c12-5-4-9-3-1-2-6-16(9)11-10(13)7-14-8-15-11/h7-9H,1-6H2. The second kappa shape index (κ2) is 6.14. The van der Waals surface area contributed by atoms with Gasteiger partial charge in [0.1, 0.15) is 12.1 Å². The predicted octanol–water partition coefficient (Wildman–Crippen LogP) is 3.23. The first-order chi connectivity index (χ1) is 7.83. The summed E-state index contributed by atoms with van der Waals surface area (Å²) in [6, 6.07) is 0.636. The molecule has 16 heavy (non-hydrogen) atoms. The summed E-state index contributed by atoms with van der Waals surface area (Å²) >= 11 is 5.86. The van der Waals surface area contributed by atoms with Gasteiger partial charge < -0.3 is 4.90 Å². The molecule has 0 radical (unpaired) electrons. The Morgan fingerprint density at radius 3 is 3.12 bits per heavy atom. The number of anilines is 1. The molecule has 1 aromatic rings. The number of aromatic nitrogens is 2. The van der Waals surface area contributed by atoms with Crippen LogP contribution in [0.25, 0.3) is 0 Å². The van der Waals surface area contributed by atoms with Crippen LogP contribution in [0.4, 0.5) is 5.82 Å². The van der Waals surface area contributed by atoms with E-state index in [0.29, 0.717) is 6.04 Å². The highest BCUT2D eigenvalue weighted by molar-refractivity contribution is 14.1. The number of nitrogens with zero attached hydrogens (tertiary/aromatic N) is 3. The fourth-order valence-electron chi connectivity index (χ4n) is 2.22. The Morgan fingerprint density at radius 1 is 1.50 bits per heavy atom. The highest BCUT2D eigenvalue weighted by atomic mass is 127. The highest BCUT2D eigenvalue weighted by Gasteiger charge is 2.24. The number of halogens is 2. The third kappa shape index (κ3) is 2.85. The van der Waals surface area contributed by atoms with Crippen molar-refractivity contribution >= 4 is 44.3 Å². The van der Waals surface area contributed by atoms with Gasteiger partial charge in [0.05, 0.1) is 3.57 Å². The summed E-state index contributed by atoms with van der Waals surface area (Å²) in [5.41, 5.74) is 0. The number of piperidine rings is 1. The monoisotopic (exact) mass is 395 g/mol. The maximum absolute atomic E-state index is 4.43. The lowest BCUT2D eigenvalue weighted by Gasteiger charge is -2.36. The van der Waals surface area contributed by atoms with Crippen molar-refractivity contribution in [3.63, 3.8) is 0 Å². The van der Waals surface area contributed by atoms with Gasteiger partial charge in [0.25, 0.3) is 0 Å². The average molecular weight is 396 g/mol. The van der Waals surface area contributed by atoms with Crippen LogP contribution in [0.1, 0.15) is 25.7 Å². The summed E-state index contributed by atoms with van der Waals surface area (Å²) in [4.78, 5) is 10.9. The molecular weight excluding hydrogens is 381 g/mol. The van der Waals surface area contributed by atoms with Gasteiger partial charge in [0, 0.05) is 24.1 Å². The first-order valence-corrected chi connectivity index (χ1v) is 7.81. The second-order valence-corrected chi connectivity index (χ2v) is 5.97. The molecule has 0 aliphatic carbocycles. The van der Waals surface area contributed by atoms with Gasteiger partial charge in [-0.2, -0.15) is 0 Å². The molecule has 1 saturated heterocycles. The van der Waals surface area contributed by atoms with Crippen molar-refractivity contribution < 1.29 is 0 Å². The van der Waals surface area contributed by atoms with Gasteiger partial charge in [-0.05, 0) is 48.3 Å². The van der Waals surface area contributed by atoms with E-state index in [4.69, 9.17) is 0 Å². The van der Waals surface area contributed by atoms with Crippen LogP contribution >= 0.6 is 38.5 Å². The van der Waals surface area contributed by atoms with Crippen molar-refractivity contribution in [3.05, 3.63) is 16.1 Å². The van der Waals surface area contributed by atoms with Gasteiger partial charge in [0.2, 0.25) is 0 Å². The zero-order valence-corrected chi connectivity index (χ0v) is 12.8. The molecule has 0 aromatic carbocycles. The Kier molecular flexibility index (Phi) is 4.81. The molecule has 0 saturated carbocycles. The maximum atomic E-state index is 4.43. The quantitative estimate of drug-likeness (QED) is 0.581. The van der Waals surface area contributed by atoms with Gasteiger partial charge in [-0.1, -0.05) is 15.9 Å². The summed E-state index contributed by atoms with van der Waals surface area (Å²) in [5, 5.41) is 1.07. The Hall–Kier alpha value is 0.0900. The molecule has 1 unspecified atom stereocenters. The molecule has 1 fully saturated rings. The fraction of sp³-hybridized carbons (Fsp3) is 0.636. The van der Waals surface area contributed by atoms with Crippen LogP contribution in [0.2, 0.25) is 0 Å². The topological polar surface area (TPSA) is 29.0 Å². The average Bonchev–Trinajstić information content (AvgIpc) is 2.31. The summed E-state index contributed by atoms with van der Waals surface area (Å²) < 4.78 is 1.15. The van der Waals surface area contributed by atoms with E-state index in [1.807, 2.05) is 6.20 Å². The van der Waals surface area contributed by atoms with E-state index in [2.05, 4.69) is 53.4 Å². The summed E-state index contributed by atoms with van der Waals surface area (Å²) in [6.45, 7) is 1.13. The molecule has 1 aromatic heterocycles. The van der Waals surface area contributed by atoms with Crippen molar-refractivity contribution in [3.8, 4) is 0 Å². The molecular formula is C11H15BrIN3. The summed E-state index contributed by atoms with van der Waals surface area (Å²) in [7, 11) is 0. The Balaban J connectivity index is 2.19. The lowest BCUT2D eigenvalue weighted by Crippen LogP contribution is -2.40. The molecule has 2 heterocycles. The van der Waals surface area contributed by atoms with Crippen molar-refractivity contribution in [2.24, 2.45) is 0 Å². The number of rotatable bonds is 3. The molecule has 5 heteroatoms. The van der Waals surface area contributed by atoms with Gasteiger partial charge >= 0.3 is 0 Å². The van der Waals surface area contributed by atoms with E-state index in [-0.39, 0.29) is 0 Å². The molecule has 0 bridgehead atoms. The van der Waals surface area contributed by atoms with Gasteiger partial charge in [-0.3, -0.25) is 0 Å². The third-order valence-electron chi connectivity index (χ3n) is 2.99. The van der Waals surface area contributed by atoms with Crippen molar-refractivity contribution in [1.82, 2.24) is 9.97 Å². The Labute approximate surface area is 118 Å². The maximum Gasteiger partial charge on any atom is 0.145 e. The molecule has 88 valence electrons. The molecule has 1 atom stereocenters. The summed E-state index contributed by atoms with van der Waals surface area (Å²) in [6.07, 6.45) is 8.64. The van der Waals surface area contributed by atoms with Crippen molar-refractivity contribution in [2.75, 3.05) is 16.8 Å². The highest BCUT2D eigenvalue weighted by Crippen LogP contribution is 2.28. The van der Waals surface area contributed by atoms with E-state index in [1.54, 1.807) is 6.33 Å². The zero-order valence-electron chi connectivity index (χ0n) is 9.07. The minimum atomic E-state index is 0.636. The van der Waals surface area contributed by atoms with Crippen molar-refractivity contribution in [1.29, 1.82) is 0 Å². The van der Waals surface area contributed by atoms with E-state index in [0.717, 1.165) is 21.3 Å². The zero-order chi connectivity index (χ0) is 11.4. The Morgan fingerprint density at radius 2 is 2.38 bits per heavy atom. The molecule has 0 amide bonds.